The molecule has 5 heterocycles. The van der Waals surface area contributed by atoms with Crippen LogP contribution in [-0.4, -0.2) is 107 Å². The number of fused-ring (bicyclic) bond motifs is 5. The molecule has 430 valence electrons. The van der Waals surface area contributed by atoms with Crippen molar-refractivity contribution in [2.24, 2.45) is 5.41 Å². The third-order valence-corrected chi connectivity index (χ3v) is 15.6. The number of ether oxygens (including phenoxy) is 2. The summed E-state index contributed by atoms with van der Waals surface area (Å²) < 4.78 is 28.1. The van der Waals surface area contributed by atoms with E-state index < -0.39 is 71.9 Å². The van der Waals surface area contributed by atoms with E-state index in [1.54, 1.807) is 79.9 Å². The van der Waals surface area contributed by atoms with Gasteiger partial charge in [0.15, 0.2) is 0 Å². The molecule has 0 spiro atoms. The van der Waals surface area contributed by atoms with Crippen molar-refractivity contribution < 1.29 is 57.0 Å². The number of likely N-dealkylation sites (tertiary alicyclic amines) is 1. The fourth-order valence-electron chi connectivity index (χ4n) is 11.2. The van der Waals surface area contributed by atoms with Gasteiger partial charge in [0.05, 0.1) is 72.6 Å². The van der Waals surface area contributed by atoms with Crippen LogP contribution in [0.3, 0.4) is 0 Å². The number of cyclic esters (lactones) is 1. The van der Waals surface area contributed by atoms with E-state index in [0.29, 0.717) is 89.8 Å². The molecular formula is C60H66FN9O12. The van der Waals surface area contributed by atoms with Gasteiger partial charge in [-0.3, -0.25) is 52.8 Å². The molecule has 2 aromatic heterocycles. The number of carbonyl (C=O) groups excluding carboxylic acids is 9. The molecule has 4 aliphatic rings. The minimum Gasteiger partial charge on any atom is -0.460 e. The number of nitrogens with one attached hydrogen (secondary N) is 6. The zero-order chi connectivity index (χ0) is 58.4. The molecule has 0 saturated carbocycles. The number of carbonyl (C=O) groups is 9. The first-order valence-electron chi connectivity index (χ1n) is 27.6. The molecule has 3 aromatic carbocycles. The summed E-state index contributed by atoms with van der Waals surface area (Å²) in [6.07, 6.45) is 3.41. The molecule has 3 aliphatic heterocycles. The van der Waals surface area contributed by atoms with Crippen LogP contribution in [0.1, 0.15) is 133 Å². The number of esters is 1. The van der Waals surface area contributed by atoms with Gasteiger partial charge in [-0.25, -0.2) is 9.37 Å². The molecule has 0 bridgehead atoms. The van der Waals surface area contributed by atoms with Crippen LogP contribution in [0.15, 0.2) is 71.5 Å². The lowest BCUT2D eigenvalue weighted by Crippen LogP contribution is -2.52. The number of amides is 8. The summed E-state index contributed by atoms with van der Waals surface area (Å²) in [7, 11) is 0. The van der Waals surface area contributed by atoms with Gasteiger partial charge in [-0.05, 0) is 90.6 Å². The highest BCUT2D eigenvalue weighted by molar-refractivity contribution is 6.05. The topological polar surface area (TPSA) is 282 Å². The standard InChI is InChI=1S/C60H66FN9O12/c1-5-37-39-23-46-54-40(29-70(46)57(78)41(39)31-82-58(37)79)53-43(20-19-38-33(2)42(61)24-44(67-54)52(38)53)68-55(76)36-17-15-35(16-18-36)30-81-32-65-49(73)27-64-56(77)45(22-34-12-8-6-9-13-34)66-50(74)28-63-48(72)26-62-47(71)14-10-7-11-21-69-51(75)25-60(3,4)59(69)80/h6,8-9,12-13,15-18,23-24,37,43,45H,5,7,10-11,14,19-22,25-32H2,1-4H3,(H,62,71)(H,63,72)(H,64,77)(H,65,73)(H,66,74)(H,68,76)/t37-,43+,45+/m1/s1. The van der Waals surface area contributed by atoms with Crippen molar-refractivity contribution in [3.8, 4) is 11.4 Å². The summed E-state index contributed by atoms with van der Waals surface area (Å²) in [6, 6.07) is 17.2. The van der Waals surface area contributed by atoms with Gasteiger partial charge in [0.2, 0.25) is 41.4 Å². The van der Waals surface area contributed by atoms with Crippen molar-refractivity contribution >= 4 is 64.1 Å². The lowest BCUT2D eigenvalue weighted by molar-refractivity contribution is -0.148. The zero-order valence-corrected chi connectivity index (χ0v) is 46.2. The summed E-state index contributed by atoms with van der Waals surface area (Å²) in [5.74, 6) is -5.06. The Bertz CT molecular complexity index is 3460. The third kappa shape index (κ3) is 12.8. The molecule has 3 atom stereocenters. The van der Waals surface area contributed by atoms with Crippen LogP contribution in [0.4, 0.5) is 4.39 Å². The molecule has 1 fully saturated rings. The smallest absolute Gasteiger partial charge is 0.313 e. The van der Waals surface area contributed by atoms with E-state index in [1.165, 1.54) is 11.0 Å². The van der Waals surface area contributed by atoms with Crippen LogP contribution in [0.5, 0.6) is 0 Å². The zero-order valence-electron chi connectivity index (χ0n) is 46.2. The predicted molar refractivity (Wildman–Crippen MR) is 296 cm³/mol. The molecule has 6 N–H and O–H groups in total. The second-order valence-electron chi connectivity index (χ2n) is 21.8. The third-order valence-electron chi connectivity index (χ3n) is 15.6. The number of hydrogen-bond acceptors (Lipinski definition) is 13. The molecule has 1 saturated heterocycles. The highest BCUT2D eigenvalue weighted by atomic mass is 19.1. The monoisotopic (exact) mass is 1120 g/mol. The van der Waals surface area contributed by atoms with E-state index >= 15 is 4.39 Å². The van der Waals surface area contributed by atoms with Crippen LogP contribution in [0.2, 0.25) is 0 Å². The molecule has 82 heavy (non-hydrogen) atoms. The summed E-state index contributed by atoms with van der Waals surface area (Å²) in [4.78, 5) is 135. The molecule has 21 nitrogen and oxygen atoms in total. The Hall–Kier alpha value is -8.66. The summed E-state index contributed by atoms with van der Waals surface area (Å²) in [6.45, 7) is 5.94. The number of unbranched alkanes of at least 4 members (excludes halogenated alkanes) is 2. The maximum atomic E-state index is 15.4. The van der Waals surface area contributed by atoms with Gasteiger partial charge < -0.3 is 45.9 Å². The van der Waals surface area contributed by atoms with E-state index in [1.807, 2.05) is 13.0 Å². The second kappa shape index (κ2) is 25.0. The predicted octanol–water partition coefficient (Wildman–Crippen LogP) is 3.85. The average molecular weight is 1120 g/mol. The van der Waals surface area contributed by atoms with Gasteiger partial charge in [-0.1, -0.05) is 69.7 Å². The Morgan fingerprint density at radius 2 is 1.55 bits per heavy atom. The molecule has 5 aromatic rings. The van der Waals surface area contributed by atoms with Gasteiger partial charge in [0.1, 0.15) is 25.2 Å². The minimum absolute atomic E-state index is 0.0648. The maximum absolute atomic E-state index is 15.4. The molecule has 8 amide bonds. The minimum atomic E-state index is -1.12. The van der Waals surface area contributed by atoms with Gasteiger partial charge in [0.25, 0.3) is 11.5 Å². The molecule has 9 rings (SSSR count). The lowest BCUT2D eigenvalue weighted by Gasteiger charge is -2.30. The number of aromatic nitrogens is 2. The van der Waals surface area contributed by atoms with Crippen LogP contribution in [-0.2, 0) is 80.4 Å². The van der Waals surface area contributed by atoms with Crippen LogP contribution >= 0.6 is 0 Å². The van der Waals surface area contributed by atoms with Crippen molar-refractivity contribution in [2.45, 2.75) is 123 Å². The molecule has 0 radical (unpaired) electrons. The number of aryl methyl sites for hydroxylation is 1. The first-order chi connectivity index (χ1) is 39.3. The van der Waals surface area contributed by atoms with E-state index in [-0.39, 0.29) is 81.5 Å². The van der Waals surface area contributed by atoms with Gasteiger partial charge in [0, 0.05) is 48.4 Å². The summed E-state index contributed by atoms with van der Waals surface area (Å²) in [5, 5.41) is 16.6. The van der Waals surface area contributed by atoms with Crippen LogP contribution in [0, 0.1) is 18.2 Å². The maximum Gasteiger partial charge on any atom is 0.313 e. The van der Waals surface area contributed by atoms with Crippen LogP contribution < -0.4 is 37.5 Å². The highest BCUT2D eigenvalue weighted by Gasteiger charge is 2.44. The fraction of sp³-hybridized carbons (Fsp3) is 0.417. The van der Waals surface area contributed by atoms with Crippen molar-refractivity contribution in [1.82, 2.24) is 46.4 Å². The van der Waals surface area contributed by atoms with Gasteiger partial charge >= 0.3 is 5.97 Å². The first-order valence-corrected chi connectivity index (χ1v) is 27.6. The number of imide groups is 1. The number of nitrogens with zero attached hydrogens (tertiary/aromatic N) is 3. The Balaban J connectivity index is 0.721. The van der Waals surface area contributed by atoms with Crippen molar-refractivity contribution in [3.63, 3.8) is 0 Å². The number of hydrogen-bond donors (Lipinski definition) is 6. The largest absolute Gasteiger partial charge is 0.460 e. The van der Waals surface area contributed by atoms with E-state index in [4.69, 9.17) is 14.5 Å². The molecule has 0 unspecified atom stereocenters. The summed E-state index contributed by atoms with van der Waals surface area (Å²) in [5.41, 5.74) is 6.14. The van der Waals surface area contributed by atoms with Crippen molar-refractivity contribution in [2.75, 3.05) is 32.9 Å². The Morgan fingerprint density at radius 1 is 0.829 bits per heavy atom. The Morgan fingerprint density at radius 3 is 2.28 bits per heavy atom. The quantitative estimate of drug-likeness (QED) is 0.0231. The molecule has 22 heteroatoms. The Labute approximate surface area is 471 Å². The summed E-state index contributed by atoms with van der Waals surface area (Å²) >= 11 is 0. The first kappa shape index (κ1) is 58.0. The SMILES string of the molecule is CC[C@H]1C(=O)OCc2c1cc1n(c2=O)Cc2c-1nc1cc(F)c(C)c3c1c2[C@@H](NC(=O)c1ccc(COCNC(=O)CNC(=O)[C@H](Cc2ccccc2)NC(=O)CNC(=O)CNC(=O)CCCCCN2C(=O)CC(C)(C)C2=O)cc1)CC3. The molecular weight excluding hydrogens is 1060 g/mol. The lowest BCUT2D eigenvalue weighted by atomic mass is 9.81. The fourth-order valence-corrected chi connectivity index (χ4v) is 11.2. The average Bonchev–Trinajstić information content (AvgIpc) is 3.34. The van der Waals surface area contributed by atoms with E-state index in [0.717, 1.165) is 27.6 Å². The van der Waals surface area contributed by atoms with E-state index in [2.05, 4.69) is 31.9 Å². The number of halogens is 1. The van der Waals surface area contributed by atoms with E-state index in [9.17, 15) is 47.9 Å². The molecule has 1 aliphatic carbocycles. The number of benzene rings is 3. The normalized spacial score (nSPS) is 16.8. The van der Waals surface area contributed by atoms with Gasteiger partial charge in [-0.2, -0.15) is 0 Å². The van der Waals surface area contributed by atoms with Gasteiger partial charge in [-0.15, -0.1) is 0 Å². The number of pyridine rings is 2. The van der Waals surface area contributed by atoms with Crippen molar-refractivity contribution in [3.05, 3.63) is 133 Å². The van der Waals surface area contributed by atoms with Crippen molar-refractivity contribution in [1.29, 1.82) is 0 Å². The Kier molecular flexibility index (Phi) is 17.7. The second-order valence-corrected chi connectivity index (χ2v) is 21.8. The highest BCUT2D eigenvalue weighted by Crippen LogP contribution is 2.46. The van der Waals surface area contributed by atoms with Crippen LogP contribution in [0.25, 0.3) is 22.3 Å². The number of rotatable bonds is 23.